The van der Waals surface area contributed by atoms with E-state index in [1.165, 1.54) is 11.0 Å². The number of amides is 2. The first-order valence-electron chi connectivity index (χ1n) is 9.19. The Morgan fingerprint density at radius 3 is 2.65 bits per heavy atom. The van der Waals surface area contributed by atoms with Crippen LogP contribution in [-0.4, -0.2) is 38.8 Å². The second-order valence-electron chi connectivity index (χ2n) is 6.79. The Morgan fingerprint density at radius 1 is 1.19 bits per heavy atom. The van der Waals surface area contributed by atoms with E-state index in [9.17, 15) is 22.8 Å². The van der Waals surface area contributed by atoms with Gasteiger partial charge in [-0.3, -0.25) is 19.6 Å². The lowest BCUT2D eigenvalue weighted by Gasteiger charge is -2.31. The van der Waals surface area contributed by atoms with Crippen molar-refractivity contribution in [2.75, 3.05) is 16.8 Å². The van der Waals surface area contributed by atoms with E-state index >= 15 is 0 Å². The van der Waals surface area contributed by atoms with Gasteiger partial charge in [0.15, 0.2) is 5.82 Å². The fourth-order valence-electron chi connectivity index (χ4n) is 3.12. The molecule has 0 bridgehead atoms. The van der Waals surface area contributed by atoms with Gasteiger partial charge in [0.2, 0.25) is 17.0 Å². The molecule has 0 spiro atoms. The summed E-state index contributed by atoms with van der Waals surface area (Å²) >= 11 is 1.09. The molecule has 2 amide bonds. The van der Waals surface area contributed by atoms with Crippen LogP contribution in [0.3, 0.4) is 0 Å². The number of benzene rings is 2. The number of rotatable bonds is 4. The van der Waals surface area contributed by atoms with Crippen LogP contribution in [0.25, 0.3) is 11.4 Å². The van der Waals surface area contributed by atoms with Crippen molar-refractivity contribution in [2.24, 2.45) is 0 Å². The van der Waals surface area contributed by atoms with E-state index in [1.54, 1.807) is 6.92 Å². The van der Waals surface area contributed by atoms with E-state index in [4.69, 9.17) is 0 Å². The molecule has 0 saturated heterocycles. The van der Waals surface area contributed by atoms with Crippen LogP contribution in [0, 0.1) is 0 Å². The number of aromatic nitrogens is 3. The molecule has 1 aliphatic rings. The second kappa shape index (κ2) is 8.06. The zero-order valence-electron chi connectivity index (χ0n) is 16.1. The van der Waals surface area contributed by atoms with Gasteiger partial charge in [0, 0.05) is 5.56 Å². The SMILES string of the molecule is CC(Sc1n[nH]c(-c2ccccc2)n1)C(=O)N1CC(=O)Nc2cc(C(F)(F)F)ccc21. The molecule has 1 aromatic heterocycles. The monoisotopic (exact) mass is 447 g/mol. The highest BCUT2D eigenvalue weighted by atomic mass is 32.2. The van der Waals surface area contributed by atoms with Crippen LogP contribution in [-0.2, 0) is 15.8 Å². The lowest BCUT2D eigenvalue weighted by Crippen LogP contribution is -2.45. The molecule has 2 N–H and O–H groups in total. The van der Waals surface area contributed by atoms with Crippen molar-refractivity contribution >= 4 is 35.0 Å². The average molecular weight is 447 g/mol. The Labute approximate surface area is 179 Å². The number of nitrogens with zero attached hydrogens (tertiary/aromatic N) is 3. The van der Waals surface area contributed by atoms with Crippen molar-refractivity contribution < 1.29 is 22.8 Å². The highest BCUT2D eigenvalue weighted by Crippen LogP contribution is 2.37. The summed E-state index contributed by atoms with van der Waals surface area (Å²) in [6.07, 6.45) is -4.56. The Balaban J connectivity index is 1.53. The van der Waals surface area contributed by atoms with Gasteiger partial charge in [-0.1, -0.05) is 42.1 Å². The summed E-state index contributed by atoms with van der Waals surface area (Å²) in [5.41, 5.74) is 0.0891. The molecule has 4 rings (SSSR count). The van der Waals surface area contributed by atoms with Crippen LogP contribution in [0.2, 0.25) is 0 Å². The molecule has 160 valence electrons. The maximum Gasteiger partial charge on any atom is 0.416 e. The predicted octanol–water partition coefficient (Wildman–Crippen LogP) is 3.96. The fraction of sp³-hybridized carbons (Fsp3) is 0.200. The van der Waals surface area contributed by atoms with Crippen molar-refractivity contribution in [1.82, 2.24) is 15.2 Å². The van der Waals surface area contributed by atoms with Crippen LogP contribution < -0.4 is 10.2 Å². The number of anilines is 2. The predicted molar refractivity (Wildman–Crippen MR) is 110 cm³/mol. The van der Waals surface area contributed by atoms with Crippen LogP contribution in [0.5, 0.6) is 0 Å². The molecule has 7 nitrogen and oxygen atoms in total. The Kier molecular flexibility index (Phi) is 5.44. The first kappa shape index (κ1) is 20.9. The van der Waals surface area contributed by atoms with Gasteiger partial charge in [-0.25, -0.2) is 4.98 Å². The summed E-state index contributed by atoms with van der Waals surface area (Å²) in [7, 11) is 0. The molecule has 11 heteroatoms. The van der Waals surface area contributed by atoms with Gasteiger partial charge in [-0.2, -0.15) is 13.2 Å². The van der Waals surface area contributed by atoms with E-state index in [0.717, 1.165) is 29.5 Å². The number of carbonyl (C=O) groups excluding carboxylic acids is 2. The van der Waals surface area contributed by atoms with Crippen molar-refractivity contribution in [3.63, 3.8) is 0 Å². The van der Waals surface area contributed by atoms with Gasteiger partial charge in [0.25, 0.3) is 0 Å². The number of thioether (sulfide) groups is 1. The first-order valence-corrected chi connectivity index (χ1v) is 10.1. The standard InChI is InChI=1S/C20H16F3N5O2S/c1-11(31-19-25-17(26-27-19)12-5-3-2-4-6-12)18(30)28-10-16(29)24-14-9-13(20(21,22)23)7-8-15(14)28/h2-9,11H,10H2,1H3,(H,24,29)(H,25,26,27). The van der Waals surface area contributed by atoms with Gasteiger partial charge in [0.05, 0.1) is 22.2 Å². The molecule has 2 aromatic carbocycles. The Hall–Kier alpha value is -3.34. The smallest absolute Gasteiger partial charge is 0.323 e. The van der Waals surface area contributed by atoms with Crippen LogP contribution in [0.4, 0.5) is 24.5 Å². The molecular formula is C20H16F3N5O2S. The van der Waals surface area contributed by atoms with Crippen molar-refractivity contribution in [2.45, 2.75) is 23.5 Å². The minimum atomic E-state index is -4.56. The summed E-state index contributed by atoms with van der Waals surface area (Å²) in [4.78, 5) is 30.6. The second-order valence-corrected chi connectivity index (χ2v) is 8.10. The Morgan fingerprint density at radius 2 is 1.94 bits per heavy atom. The fourth-order valence-corrected chi connectivity index (χ4v) is 3.90. The lowest BCUT2D eigenvalue weighted by atomic mass is 10.1. The molecule has 0 saturated carbocycles. The molecule has 31 heavy (non-hydrogen) atoms. The number of fused-ring (bicyclic) bond motifs is 1. The summed E-state index contributed by atoms with van der Waals surface area (Å²) in [6.45, 7) is 1.34. The van der Waals surface area contributed by atoms with Crippen molar-refractivity contribution in [1.29, 1.82) is 0 Å². The third kappa shape index (κ3) is 4.41. The van der Waals surface area contributed by atoms with E-state index in [1.807, 2.05) is 30.3 Å². The maximum atomic E-state index is 13.0. The highest BCUT2D eigenvalue weighted by molar-refractivity contribution is 8.00. The zero-order chi connectivity index (χ0) is 22.2. The number of hydrogen-bond acceptors (Lipinski definition) is 5. The molecule has 1 aliphatic heterocycles. The quantitative estimate of drug-likeness (QED) is 0.591. The average Bonchev–Trinajstić information content (AvgIpc) is 3.20. The van der Waals surface area contributed by atoms with E-state index in [-0.39, 0.29) is 17.9 Å². The zero-order valence-corrected chi connectivity index (χ0v) is 16.9. The third-order valence-corrected chi connectivity index (χ3v) is 5.55. The van der Waals surface area contributed by atoms with Gasteiger partial charge < -0.3 is 5.32 Å². The number of nitrogens with one attached hydrogen (secondary N) is 2. The lowest BCUT2D eigenvalue weighted by molar-refractivity contribution is -0.137. The number of halogens is 3. The van der Waals surface area contributed by atoms with Gasteiger partial charge >= 0.3 is 6.18 Å². The largest absolute Gasteiger partial charge is 0.416 e. The van der Waals surface area contributed by atoms with Gasteiger partial charge in [-0.15, -0.1) is 5.10 Å². The molecule has 0 radical (unpaired) electrons. The van der Waals surface area contributed by atoms with E-state index in [2.05, 4.69) is 20.5 Å². The molecule has 0 fully saturated rings. The number of carbonyl (C=O) groups is 2. The molecular weight excluding hydrogens is 431 g/mol. The van der Waals surface area contributed by atoms with Crippen LogP contribution in [0.1, 0.15) is 12.5 Å². The van der Waals surface area contributed by atoms with Crippen LogP contribution in [0.15, 0.2) is 53.7 Å². The Bertz CT molecular complexity index is 1130. The molecule has 1 atom stereocenters. The van der Waals surface area contributed by atoms with Gasteiger partial charge in [0.1, 0.15) is 6.54 Å². The topological polar surface area (TPSA) is 91.0 Å². The summed E-state index contributed by atoms with van der Waals surface area (Å²) in [5.74, 6) is -0.460. The molecule has 3 aromatic rings. The number of aromatic amines is 1. The maximum absolute atomic E-state index is 13.0. The minimum absolute atomic E-state index is 0.0547. The number of hydrogen-bond donors (Lipinski definition) is 2. The normalized spacial score (nSPS) is 14.7. The number of H-pyrrole nitrogens is 1. The summed E-state index contributed by atoms with van der Waals surface area (Å²) in [5, 5.41) is 8.98. The van der Waals surface area contributed by atoms with E-state index < -0.39 is 28.8 Å². The molecule has 1 unspecified atom stereocenters. The third-order valence-electron chi connectivity index (χ3n) is 4.60. The molecule has 0 aliphatic carbocycles. The van der Waals surface area contributed by atoms with Crippen LogP contribution >= 0.6 is 11.8 Å². The number of alkyl halides is 3. The highest BCUT2D eigenvalue weighted by Gasteiger charge is 2.35. The first-order chi connectivity index (χ1) is 14.7. The summed E-state index contributed by atoms with van der Waals surface area (Å²) in [6, 6.07) is 12.2. The van der Waals surface area contributed by atoms with E-state index in [0.29, 0.717) is 11.0 Å². The minimum Gasteiger partial charge on any atom is -0.323 e. The summed E-state index contributed by atoms with van der Waals surface area (Å²) < 4.78 is 39.0. The van der Waals surface area contributed by atoms with Gasteiger partial charge in [-0.05, 0) is 25.1 Å². The van der Waals surface area contributed by atoms with Crippen molar-refractivity contribution in [3.05, 3.63) is 54.1 Å². The molecule has 2 heterocycles. The van der Waals surface area contributed by atoms with Crippen molar-refractivity contribution in [3.8, 4) is 11.4 Å².